The molecule has 1 aromatic carbocycles. The normalized spacial score (nSPS) is 26.1. The van der Waals surface area contributed by atoms with Gasteiger partial charge in [0.25, 0.3) is 0 Å². The summed E-state index contributed by atoms with van der Waals surface area (Å²) in [6, 6.07) is 5.63. The van der Waals surface area contributed by atoms with Crippen molar-refractivity contribution in [2.24, 2.45) is 5.41 Å². The molecule has 2 saturated heterocycles. The molecule has 4 nitrogen and oxygen atoms in total. The van der Waals surface area contributed by atoms with Crippen LogP contribution in [-0.2, 0) is 4.79 Å². The lowest BCUT2D eigenvalue weighted by Gasteiger charge is -2.42. The first-order chi connectivity index (χ1) is 12.6. The third-order valence-corrected chi connectivity index (χ3v) is 6.67. The van der Waals surface area contributed by atoms with Gasteiger partial charge in [0.05, 0.1) is 12.0 Å². The molecular formula is C19H25BrF3N3O. The van der Waals surface area contributed by atoms with E-state index in [1.165, 1.54) is 4.90 Å². The number of nitrogen functional groups attached to an aromatic ring is 1. The van der Waals surface area contributed by atoms with Gasteiger partial charge in [0.2, 0.25) is 5.91 Å². The first-order valence-electron chi connectivity index (χ1n) is 9.20. The second kappa shape index (κ2) is 7.28. The van der Waals surface area contributed by atoms with Crippen LogP contribution in [0.3, 0.4) is 0 Å². The van der Waals surface area contributed by atoms with E-state index in [-0.39, 0.29) is 31.0 Å². The van der Waals surface area contributed by atoms with Crippen LogP contribution in [0.15, 0.2) is 22.7 Å². The number of likely N-dealkylation sites (N-methyl/N-ethyl adjacent to an activating group) is 1. The predicted octanol–water partition coefficient (Wildman–Crippen LogP) is 4.01. The molecule has 8 heteroatoms. The Bertz CT molecular complexity index is 717. The Labute approximate surface area is 166 Å². The van der Waals surface area contributed by atoms with Gasteiger partial charge in [-0.15, -0.1) is 0 Å². The quantitative estimate of drug-likeness (QED) is 0.712. The van der Waals surface area contributed by atoms with Gasteiger partial charge < -0.3 is 10.6 Å². The van der Waals surface area contributed by atoms with Crippen molar-refractivity contribution in [3.63, 3.8) is 0 Å². The molecule has 1 aromatic rings. The van der Waals surface area contributed by atoms with E-state index in [9.17, 15) is 18.0 Å². The Morgan fingerprint density at radius 1 is 1.30 bits per heavy atom. The van der Waals surface area contributed by atoms with Gasteiger partial charge >= 0.3 is 6.18 Å². The summed E-state index contributed by atoms with van der Waals surface area (Å²) in [7, 11) is 1.80. The number of halogens is 4. The Hall–Kier alpha value is -1.28. The van der Waals surface area contributed by atoms with Crippen molar-refractivity contribution in [1.29, 1.82) is 0 Å². The Morgan fingerprint density at radius 3 is 2.48 bits per heavy atom. The molecule has 0 aromatic heterocycles. The third-order valence-electron chi connectivity index (χ3n) is 6.18. The third kappa shape index (κ3) is 3.70. The summed E-state index contributed by atoms with van der Waals surface area (Å²) in [4.78, 5) is 16.4. The number of hydrogen-bond donors (Lipinski definition) is 1. The van der Waals surface area contributed by atoms with Crippen LogP contribution < -0.4 is 5.73 Å². The maximum absolute atomic E-state index is 13.3. The fourth-order valence-electron chi connectivity index (χ4n) is 4.94. The van der Waals surface area contributed by atoms with E-state index in [0.29, 0.717) is 18.5 Å². The second-order valence-corrected chi connectivity index (χ2v) is 8.61. The molecule has 1 amide bonds. The molecular weight excluding hydrogens is 423 g/mol. The lowest BCUT2D eigenvalue weighted by atomic mass is 9.65. The number of nitrogens with two attached hydrogens (primary N) is 1. The molecule has 27 heavy (non-hydrogen) atoms. The number of rotatable bonds is 3. The molecule has 0 radical (unpaired) electrons. The van der Waals surface area contributed by atoms with E-state index in [2.05, 4.69) is 15.9 Å². The molecule has 2 atom stereocenters. The average Bonchev–Trinajstić information content (AvgIpc) is 2.79. The average molecular weight is 448 g/mol. The van der Waals surface area contributed by atoms with E-state index >= 15 is 0 Å². The Balaban J connectivity index is 1.97. The van der Waals surface area contributed by atoms with Crippen LogP contribution in [0.1, 0.15) is 37.7 Å². The summed E-state index contributed by atoms with van der Waals surface area (Å²) in [5.74, 6) is -0.0871. The van der Waals surface area contributed by atoms with Crippen LogP contribution in [0, 0.1) is 5.41 Å². The second-order valence-electron chi connectivity index (χ2n) is 7.69. The zero-order valence-corrected chi connectivity index (χ0v) is 17.1. The summed E-state index contributed by atoms with van der Waals surface area (Å²) >= 11 is 3.48. The molecule has 3 rings (SSSR count). The maximum Gasteiger partial charge on any atom is 0.401 e. The van der Waals surface area contributed by atoms with Crippen molar-refractivity contribution in [3.8, 4) is 0 Å². The Morgan fingerprint density at radius 2 is 1.93 bits per heavy atom. The van der Waals surface area contributed by atoms with E-state index in [4.69, 9.17) is 5.73 Å². The minimum Gasteiger partial charge on any atom is -0.398 e. The van der Waals surface area contributed by atoms with Crippen molar-refractivity contribution in [2.45, 2.75) is 44.3 Å². The molecule has 1 spiro atoms. The van der Waals surface area contributed by atoms with Crippen molar-refractivity contribution < 1.29 is 18.0 Å². The molecule has 0 bridgehead atoms. The number of amides is 1. The first-order valence-corrected chi connectivity index (χ1v) is 9.99. The summed E-state index contributed by atoms with van der Waals surface area (Å²) in [6.07, 6.45) is -2.62. The molecule has 150 valence electrons. The van der Waals surface area contributed by atoms with Gasteiger partial charge in [0, 0.05) is 29.2 Å². The van der Waals surface area contributed by atoms with E-state index in [1.54, 1.807) is 11.9 Å². The summed E-state index contributed by atoms with van der Waals surface area (Å²) in [5.41, 5.74) is 7.12. The number of hydrogen-bond acceptors (Lipinski definition) is 3. The van der Waals surface area contributed by atoms with Gasteiger partial charge in [-0.1, -0.05) is 22.9 Å². The topological polar surface area (TPSA) is 49.6 Å². The first kappa shape index (κ1) is 20.5. The smallest absolute Gasteiger partial charge is 0.398 e. The highest BCUT2D eigenvalue weighted by molar-refractivity contribution is 9.10. The number of anilines is 1. The van der Waals surface area contributed by atoms with E-state index in [0.717, 1.165) is 16.5 Å². The minimum absolute atomic E-state index is 0.0109. The van der Waals surface area contributed by atoms with Crippen LogP contribution >= 0.6 is 15.9 Å². The largest absolute Gasteiger partial charge is 0.401 e. The highest BCUT2D eigenvalue weighted by atomic mass is 79.9. The zero-order chi connectivity index (χ0) is 20.0. The van der Waals surface area contributed by atoms with Crippen molar-refractivity contribution in [1.82, 2.24) is 9.80 Å². The van der Waals surface area contributed by atoms with Crippen LogP contribution in [0.5, 0.6) is 0 Å². The highest BCUT2D eigenvalue weighted by Gasteiger charge is 2.59. The number of likely N-dealkylation sites (tertiary alicyclic amines) is 2. The van der Waals surface area contributed by atoms with Crippen LogP contribution in [0.4, 0.5) is 18.9 Å². The van der Waals surface area contributed by atoms with Gasteiger partial charge in [0.1, 0.15) is 0 Å². The maximum atomic E-state index is 13.3. The molecule has 2 aliphatic heterocycles. The summed E-state index contributed by atoms with van der Waals surface area (Å²) in [5, 5.41) is 0. The van der Waals surface area contributed by atoms with E-state index in [1.807, 2.05) is 25.1 Å². The van der Waals surface area contributed by atoms with Gasteiger partial charge in [-0.3, -0.25) is 9.69 Å². The van der Waals surface area contributed by atoms with Crippen LogP contribution in [0.2, 0.25) is 0 Å². The molecule has 2 heterocycles. The standard InChI is InChI=1S/C19H25BrF3N3O/c1-3-15-16(13-10-12(20)4-5-14(13)24)18(17(27)25(15)2)6-8-26(9-7-18)11-19(21,22)23/h4-5,10,15-16H,3,6-9,11,24H2,1-2H3. The lowest BCUT2D eigenvalue weighted by Crippen LogP contribution is -2.48. The fourth-order valence-corrected chi connectivity index (χ4v) is 5.32. The predicted molar refractivity (Wildman–Crippen MR) is 102 cm³/mol. The van der Waals surface area contributed by atoms with Crippen LogP contribution in [-0.4, -0.2) is 54.6 Å². The van der Waals surface area contributed by atoms with Crippen molar-refractivity contribution in [3.05, 3.63) is 28.2 Å². The number of piperidine rings is 1. The lowest BCUT2D eigenvalue weighted by molar-refractivity contribution is -0.153. The van der Waals surface area contributed by atoms with Crippen molar-refractivity contribution in [2.75, 3.05) is 32.4 Å². The number of benzene rings is 1. The number of nitrogens with zero attached hydrogens (tertiary/aromatic N) is 2. The number of alkyl halides is 3. The van der Waals surface area contributed by atoms with Crippen LogP contribution in [0.25, 0.3) is 0 Å². The Kier molecular flexibility index (Phi) is 5.51. The molecule has 0 saturated carbocycles. The minimum atomic E-state index is -4.22. The SMILES string of the molecule is CCC1C(c2cc(Br)ccc2N)C2(CCN(CC(F)(F)F)CC2)C(=O)N1C. The monoisotopic (exact) mass is 447 g/mol. The molecule has 2 N–H and O–H groups in total. The van der Waals surface area contributed by atoms with Gasteiger partial charge in [-0.05, 0) is 56.1 Å². The zero-order valence-electron chi connectivity index (χ0n) is 15.5. The highest BCUT2D eigenvalue weighted by Crippen LogP contribution is 2.55. The summed E-state index contributed by atoms with van der Waals surface area (Å²) < 4.78 is 39.2. The number of carbonyl (C=O) groups excluding carboxylic acids is 1. The molecule has 0 aliphatic carbocycles. The van der Waals surface area contributed by atoms with E-state index < -0.39 is 18.1 Å². The van der Waals surface area contributed by atoms with Gasteiger partial charge in [-0.25, -0.2) is 0 Å². The van der Waals surface area contributed by atoms with Gasteiger partial charge in [0.15, 0.2) is 0 Å². The van der Waals surface area contributed by atoms with Crippen molar-refractivity contribution >= 4 is 27.5 Å². The molecule has 2 unspecified atom stereocenters. The fraction of sp³-hybridized carbons (Fsp3) is 0.632. The summed E-state index contributed by atoms with van der Waals surface area (Å²) in [6.45, 7) is 1.64. The molecule has 2 aliphatic rings. The molecule has 2 fully saturated rings. The van der Waals surface area contributed by atoms with Gasteiger partial charge in [-0.2, -0.15) is 13.2 Å². The number of carbonyl (C=O) groups is 1.